The van der Waals surface area contributed by atoms with Crippen molar-refractivity contribution in [3.63, 3.8) is 0 Å². The highest BCUT2D eigenvalue weighted by Crippen LogP contribution is 2.25. The SMILES string of the molecule is COc1ccc(Cl)cc1C(=O)NC[C@@H](c1ccsc1)N1CCN(C)CC1. The van der Waals surface area contributed by atoms with Gasteiger partial charge in [-0.15, -0.1) is 0 Å². The molecular weight excluding hydrogens is 370 g/mol. The predicted octanol–water partition coefficient (Wildman–Crippen LogP) is 3.13. The van der Waals surface area contributed by atoms with Crippen LogP contribution in [0.4, 0.5) is 0 Å². The van der Waals surface area contributed by atoms with Crippen LogP contribution in [-0.2, 0) is 0 Å². The van der Waals surface area contributed by atoms with Gasteiger partial charge in [-0.1, -0.05) is 11.6 Å². The molecule has 1 aliphatic heterocycles. The fourth-order valence-electron chi connectivity index (χ4n) is 3.20. The van der Waals surface area contributed by atoms with Crippen LogP contribution in [0, 0.1) is 0 Å². The second kappa shape index (κ2) is 8.86. The molecule has 7 heteroatoms. The van der Waals surface area contributed by atoms with Crippen LogP contribution >= 0.6 is 22.9 Å². The summed E-state index contributed by atoms with van der Waals surface area (Å²) in [5.41, 5.74) is 1.71. The minimum absolute atomic E-state index is 0.168. The van der Waals surface area contributed by atoms with E-state index >= 15 is 0 Å². The van der Waals surface area contributed by atoms with Crippen LogP contribution in [0.2, 0.25) is 5.02 Å². The molecule has 1 aliphatic rings. The normalized spacial score (nSPS) is 17.0. The molecule has 2 aromatic rings. The number of halogens is 1. The lowest BCUT2D eigenvalue weighted by Crippen LogP contribution is -2.48. The van der Waals surface area contributed by atoms with E-state index in [1.807, 2.05) is 0 Å². The van der Waals surface area contributed by atoms with Crippen molar-refractivity contribution >= 4 is 28.8 Å². The third-order valence-corrected chi connectivity index (χ3v) is 5.71. The minimum atomic E-state index is -0.168. The molecule has 0 radical (unpaired) electrons. The number of methoxy groups -OCH3 is 1. The summed E-state index contributed by atoms with van der Waals surface area (Å²) in [5.74, 6) is 0.359. The predicted molar refractivity (Wildman–Crippen MR) is 106 cm³/mol. The van der Waals surface area contributed by atoms with E-state index in [4.69, 9.17) is 16.3 Å². The number of nitrogens with zero attached hydrogens (tertiary/aromatic N) is 2. The Labute approximate surface area is 163 Å². The fourth-order valence-corrected chi connectivity index (χ4v) is 4.08. The van der Waals surface area contributed by atoms with Crippen molar-refractivity contribution in [2.24, 2.45) is 0 Å². The fraction of sp³-hybridized carbons (Fsp3) is 0.421. The smallest absolute Gasteiger partial charge is 0.255 e. The molecule has 1 N–H and O–H groups in total. The number of carbonyl (C=O) groups is 1. The number of rotatable bonds is 6. The average molecular weight is 394 g/mol. The number of likely N-dealkylation sites (N-methyl/N-ethyl adjacent to an activating group) is 1. The molecule has 0 saturated carbocycles. The van der Waals surface area contributed by atoms with Crippen LogP contribution in [-0.4, -0.2) is 62.6 Å². The number of thiophene rings is 1. The van der Waals surface area contributed by atoms with E-state index in [-0.39, 0.29) is 11.9 Å². The molecule has 1 atom stereocenters. The van der Waals surface area contributed by atoms with E-state index in [1.54, 1.807) is 36.6 Å². The molecule has 0 aliphatic carbocycles. The van der Waals surface area contributed by atoms with Crippen molar-refractivity contribution < 1.29 is 9.53 Å². The lowest BCUT2D eigenvalue weighted by molar-refractivity contribution is 0.0884. The van der Waals surface area contributed by atoms with Crippen LogP contribution in [0.25, 0.3) is 0 Å². The van der Waals surface area contributed by atoms with Gasteiger partial charge in [0.2, 0.25) is 0 Å². The van der Waals surface area contributed by atoms with Gasteiger partial charge in [-0.2, -0.15) is 11.3 Å². The van der Waals surface area contributed by atoms with E-state index in [0.717, 1.165) is 26.2 Å². The van der Waals surface area contributed by atoms with Crippen molar-refractivity contribution in [1.82, 2.24) is 15.1 Å². The lowest BCUT2D eigenvalue weighted by atomic mass is 10.1. The molecule has 5 nitrogen and oxygen atoms in total. The summed E-state index contributed by atoms with van der Waals surface area (Å²) in [7, 11) is 3.70. The van der Waals surface area contributed by atoms with Gasteiger partial charge in [-0.25, -0.2) is 0 Å². The van der Waals surface area contributed by atoms with Crippen molar-refractivity contribution in [1.29, 1.82) is 0 Å². The summed E-state index contributed by atoms with van der Waals surface area (Å²) in [6, 6.07) is 7.39. The number of ether oxygens (including phenoxy) is 1. The molecule has 3 rings (SSSR count). The Morgan fingerprint density at radius 3 is 2.73 bits per heavy atom. The zero-order valence-electron chi connectivity index (χ0n) is 15.1. The monoisotopic (exact) mass is 393 g/mol. The van der Waals surface area contributed by atoms with Gasteiger partial charge in [0.25, 0.3) is 5.91 Å². The maximum atomic E-state index is 12.7. The Kier molecular flexibility index (Phi) is 6.53. The molecule has 2 heterocycles. The van der Waals surface area contributed by atoms with Gasteiger partial charge in [0.05, 0.1) is 18.7 Å². The van der Waals surface area contributed by atoms with Crippen LogP contribution < -0.4 is 10.1 Å². The number of benzene rings is 1. The first-order valence-corrected chi connectivity index (χ1v) is 9.97. The molecule has 140 valence electrons. The number of hydrogen-bond donors (Lipinski definition) is 1. The van der Waals surface area contributed by atoms with E-state index in [1.165, 1.54) is 5.56 Å². The zero-order chi connectivity index (χ0) is 18.5. The number of amides is 1. The molecular formula is C19H24ClN3O2S. The summed E-state index contributed by atoms with van der Waals surface area (Å²) in [4.78, 5) is 17.5. The largest absolute Gasteiger partial charge is 0.496 e. The Bertz CT molecular complexity index is 730. The van der Waals surface area contributed by atoms with E-state index in [2.05, 4.69) is 39.0 Å². The van der Waals surface area contributed by atoms with Crippen LogP contribution in [0.1, 0.15) is 22.0 Å². The summed E-state index contributed by atoms with van der Waals surface area (Å²) < 4.78 is 5.29. The zero-order valence-corrected chi connectivity index (χ0v) is 16.6. The highest BCUT2D eigenvalue weighted by Gasteiger charge is 2.25. The molecule has 26 heavy (non-hydrogen) atoms. The first-order chi connectivity index (χ1) is 12.6. The highest BCUT2D eigenvalue weighted by atomic mass is 35.5. The summed E-state index contributed by atoms with van der Waals surface area (Å²) in [6.07, 6.45) is 0. The Balaban J connectivity index is 1.72. The molecule has 1 saturated heterocycles. The standard InChI is InChI=1S/C19H24ClN3O2S/c1-22-6-8-23(9-7-22)17(14-5-10-26-13-14)12-21-19(24)16-11-15(20)3-4-18(16)25-2/h3-5,10-11,13,17H,6-9,12H2,1-2H3,(H,21,24)/t17-/m0/s1. The molecule has 1 amide bonds. The first kappa shape index (κ1) is 19.2. The Morgan fingerprint density at radius 2 is 2.08 bits per heavy atom. The summed E-state index contributed by atoms with van der Waals surface area (Å²) in [5, 5.41) is 7.83. The van der Waals surface area contributed by atoms with Gasteiger partial charge >= 0.3 is 0 Å². The molecule has 1 aromatic carbocycles. The Hall–Kier alpha value is -1.60. The van der Waals surface area contributed by atoms with Crippen molar-refractivity contribution in [2.75, 3.05) is 46.9 Å². The van der Waals surface area contributed by atoms with Crippen molar-refractivity contribution in [3.05, 3.63) is 51.2 Å². The van der Waals surface area contributed by atoms with Gasteiger partial charge < -0.3 is 15.0 Å². The van der Waals surface area contributed by atoms with Crippen LogP contribution in [0.15, 0.2) is 35.0 Å². The number of carbonyl (C=O) groups excluding carboxylic acids is 1. The number of piperazine rings is 1. The molecule has 0 spiro atoms. The summed E-state index contributed by atoms with van der Waals surface area (Å²) in [6.45, 7) is 4.61. The van der Waals surface area contributed by atoms with Crippen LogP contribution in [0.3, 0.4) is 0 Å². The molecule has 1 fully saturated rings. The quantitative estimate of drug-likeness (QED) is 0.819. The minimum Gasteiger partial charge on any atom is -0.496 e. The maximum Gasteiger partial charge on any atom is 0.255 e. The Morgan fingerprint density at radius 1 is 1.31 bits per heavy atom. The van der Waals surface area contributed by atoms with E-state index in [9.17, 15) is 4.79 Å². The molecule has 0 bridgehead atoms. The average Bonchev–Trinajstić information content (AvgIpc) is 3.17. The number of nitrogens with one attached hydrogen (secondary N) is 1. The van der Waals surface area contributed by atoms with Gasteiger partial charge in [0.15, 0.2) is 0 Å². The van der Waals surface area contributed by atoms with Gasteiger partial charge in [0.1, 0.15) is 5.75 Å². The van der Waals surface area contributed by atoms with E-state index < -0.39 is 0 Å². The van der Waals surface area contributed by atoms with Gasteiger partial charge in [-0.3, -0.25) is 9.69 Å². The first-order valence-electron chi connectivity index (χ1n) is 8.65. The topological polar surface area (TPSA) is 44.8 Å². The van der Waals surface area contributed by atoms with Crippen molar-refractivity contribution in [3.8, 4) is 5.75 Å². The van der Waals surface area contributed by atoms with Crippen LogP contribution in [0.5, 0.6) is 5.75 Å². The summed E-state index contributed by atoms with van der Waals surface area (Å²) >= 11 is 7.73. The second-order valence-electron chi connectivity index (χ2n) is 6.47. The van der Waals surface area contributed by atoms with Gasteiger partial charge in [0, 0.05) is 37.7 Å². The molecule has 1 aromatic heterocycles. The third-order valence-electron chi connectivity index (χ3n) is 4.77. The third kappa shape index (κ3) is 4.57. The van der Waals surface area contributed by atoms with E-state index in [0.29, 0.717) is 22.9 Å². The second-order valence-corrected chi connectivity index (χ2v) is 7.68. The van der Waals surface area contributed by atoms with Gasteiger partial charge in [-0.05, 0) is 47.6 Å². The molecule has 0 unspecified atom stereocenters. The van der Waals surface area contributed by atoms with Crippen molar-refractivity contribution in [2.45, 2.75) is 6.04 Å². The maximum absolute atomic E-state index is 12.7. The number of hydrogen-bond acceptors (Lipinski definition) is 5. The lowest BCUT2D eigenvalue weighted by Gasteiger charge is -2.38. The highest BCUT2D eigenvalue weighted by molar-refractivity contribution is 7.07.